The van der Waals surface area contributed by atoms with Crippen molar-refractivity contribution in [2.75, 3.05) is 119 Å². The highest BCUT2D eigenvalue weighted by Crippen LogP contribution is 1.91. The first-order valence-electron chi connectivity index (χ1n) is 11.7. The number of carbonyl (C=O) groups excluding carboxylic acids is 1. The van der Waals surface area contributed by atoms with Crippen molar-refractivity contribution in [1.29, 1.82) is 0 Å². The summed E-state index contributed by atoms with van der Waals surface area (Å²) in [6.07, 6.45) is 1.45. The van der Waals surface area contributed by atoms with Crippen molar-refractivity contribution in [2.24, 2.45) is 0 Å². The third-order valence-corrected chi connectivity index (χ3v) is 3.72. The molecule has 0 atom stereocenters. The molecule has 0 unspecified atom stereocenters. The van der Waals surface area contributed by atoms with Crippen molar-refractivity contribution in [3.05, 3.63) is 11.6 Å². The van der Waals surface area contributed by atoms with E-state index in [2.05, 4.69) is 0 Å². The fraction of sp³-hybridized carbons (Fsp3) is 0.870. The lowest BCUT2D eigenvalue weighted by Crippen LogP contribution is -2.15. The van der Waals surface area contributed by atoms with Crippen LogP contribution in [0.1, 0.15) is 13.8 Å². The Hall–Kier alpha value is -1.15. The summed E-state index contributed by atoms with van der Waals surface area (Å²) in [4.78, 5) is 11.3. The van der Waals surface area contributed by atoms with Crippen LogP contribution in [0.2, 0.25) is 0 Å². The van der Waals surface area contributed by atoms with Crippen molar-refractivity contribution in [3.63, 3.8) is 0 Å². The Morgan fingerprint density at radius 1 is 0.500 bits per heavy atom. The number of hydrogen-bond acceptors (Lipinski definition) is 11. The first-order valence-corrected chi connectivity index (χ1v) is 11.7. The second-order valence-electron chi connectivity index (χ2n) is 7.01. The summed E-state index contributed by atoms with van der Waals surface area (Å²) in [7, 11) is 0. The van der Waals surface area contributed by atoms with Crippen LogP contribution >= 0.6 is 0 Å². The number of aliphatic hydroxyl groups excluding tert-OH is 1. The first-order chi connectivity index (χ1) is 16.7. The van der Waals surface area contributed by atoms with E-state index in [-0.39, 0.29) is 19.2 Å². The molecule has 0 aromatic rings. The van der Waals surface area contributed by atoms with Gasteiger partial charge in [-0.15, -0.1) is 0 Å². The van der Waals surface area contributed by atoms with Gasteiger partial charge in [0, 0.05) is 6.08 Å². The maximum Gasteiger partial charge on any atom is 0.330 e. The van der Waals surface area contributed by atoms with Crippen LogP contribution < -0.4 is 0 Å². The van der Waals surface area contributed by atoms with E-state index in [1.54, 1.807) is 0 Å². The molecule has 0 aromatic carbocycles. The normalized spacial score (nSPS) is 11.0. The molecular weight excluding hydrogens is 452 g/mol. The van der Waals surface area contributed by atoms with Gasteiger partial charge in [-0.05, 0) is 13.8 Å². The fourth-order valence-corrected chi connectivity index (χ4v) is 2.18. The largest absolute Gasteiger partial charge is 0.460 e. The van der Waals surface area contributed by atoms with Crippen molar-refractivity contribution in [2.45, 2.75) is 13.8 Å². The highest BCUT2D eigenvalue weighted by atomic mass is 16.6. The van der Waals surface area contributed by atoms with Crippen LogP contribution in [0.15, 0.2) is 11.6 Å². The van der Waals surface area contributed by atoms with Gasteiger partial charge >= 0.3 is 5.97 Å². The predicted octanol–water partition coefficient (Wildman–Crippen LogP) is 0.621. The summed E-state index contributed by atoms with van der Waals surface area (Å²) < 4.78 is 47.6. The molecule has 1 N–H and O–H groups in total. The molecule has 0 aliphatic heterocycles. The molecule has 0 saturated carbocycles. The van der Waals surface area contributed by atoms with Crippen LogP contribution in [0.5, 0.6) is 0 Å². The molecule has 0 aliphatic carbocycles. The van der Waals surface area contributed by atoms with Gasteiger partial charge in [-0.2, -0.15) is 0 Å². The van der Waals surface area contributed by atoms with Crippen LogP contribution in [0.4, 0.5) is 0 Å². The molecule has 0 aliphatic rings. The zero-order chi connectivity index (χ0) is 25.0. The molecule has 0 spiro atoms. The van der Waals surface area contributed by atoms with E-state index in [9.17, 15) is 4.79 Å². The minimum Gasteiger partial charge on any atom is -0.460 e. The van der Waals surface area contributed by atoms with Gasteiger partial charge in [0.05, 0.1) is 112 Å². The lowest BCUT2D eigenvalue weighted by molar-refractivity contribution is -0.139. The first kappa shape index (κ1) is 32.8. The molecular formula is C23H44O11. The minimum absolute atomic E-state index is 0.0243. The molecule has 11 nitrogen and oxygen atoms in total. The molecule has 0 radical (unpaired) electrons. The summed E-state index contributed by atoms with van der Waals surface area (Å²) in [5.41, 5.74) is 0.900. The van der Waals surface area contributed by atoms with Crippen molar-refractivity contribution in [3.8, 4) is 0 Å². The van der Waals surface area contributed by atoms with E-state index >= 15 is 0 Å². The van der Waals surface area contributed by atoms with Crippen LogP contribution in [0.3, 0.4) is 0 Å². The Kier molecular flexibility index (Phi) is 27.1. The van der Waals surface area contributed by atoms with E-state index in [1.807, 2.05) is 13.8 Å². The van der Waals surface area contributed by atoms with Gasteiger partial charge in [0.2, 0.25) is 0 Å². The molecule has 0 saturated heterocycles. The van der Waals surface area contributed by atoms with E-state index in [4.69, 9.17) is 47.7 Å². The van der Waals surface area contributed by atoms with Gasteiger partial charge in [0.15, 0.2) is 0 Å². The summed E-state index contributed by atoms with van der Waals surface area (Å²) in [5, 5.41) is 8.54. The zero-order valence-corrected chi connectivity index (χ0v) is 20.8. The second-order valence-corrected chi connectivity index (χ2v) is 7.01. The van der Waals surface area contributed by atoms with E-state index < -0.39 is 0 Å². The molecule has 0 amide bonds. The van der Waals surface area contributed by atoms with Gasteiger partial charge in [-0.1, -0.05) is 5.57 Å². The number of rotatable bonds is 27. The topological polar surface area (TPSA) is 120 Å². The summed E-state index contributed by atoms with van der Waals surface area (Å²) >= 11 is 0. The Morgan fingerprint density at radius 2 is 0.765 bits per heavy atom. The number of hydrogen-bond donors (Lipinski definition) is 1. The van der Waals surface area contributed by atoms with Gasteiger partial charge < -0.3 is 47.7 Å². The quantitative estimate of drug-likeness (QED) is 0.0979. The number of aliphatic hydroxyl groups is 1. The number of allylic oxidation sites excluding steroid dienone is 1. The summed E-state index contributed by atoms with van der Waals surface area (Å²) in [6.45, 7) is 11.4. The average molecular weight is 497 g/mol. The van der Waals surface area contributed by atoms with Crippen molar-refractivity contribution in [1.82, 2.24) is 0 Å². The average Bonchev–Trinajstić information content (AvgIpc) is 2.81. The molecule has 0 heterocycles. The molecule has 34 heavy (non-hydrogen) atoms. The van der Waals surface area contributed by atoms with Crippen LogP contribution in [-0.2, 0) is 47.4 Å². The summed E-state index contributed by atoms with van der Waals surface area (Å²) in [6, 6.07) is 0. The molecule has 0 bridgehead atoms. The lowest BCUT2D eigenvalue weighted by atomic mass is 10.3. The zero-order valence-electron chi connectivity index (χ0n) is 20.8. The van der Waals surface area contributed by atoms with E-state index in [0.717, 1.165) is 5.57 Å². The molecule has 0 fully saturated rings. The van der Waals surface area contributed by atoms with E-state index in [0.29, 0.717) is 106 Å². The Balaban J connectivity index is 3.08. The standard InChI is InChI=1S/C23H44O11/c1-22(2)21-23(25)34-20-19-33-18-17-32-16-15-31-14-13-30-12-11-29-10-9-28-8-7-27-6-5-26-4-3-24/h21,24H,3-20H2,1-2H3. The van der Waals surface area contributed by atoms with Crippen molar-refractivity contribution >= 4 is 5.97 Å². The number of carbonyl (C=O) groups is 1. The van der Waals surface area contributed by atoms with Crippen LogP contribution in [0, 0.1) is 0 Å². The Morgan fingerprint density at radius 3 is 1.03 bits per heavy atom. The third kappa shape index (κ3) is 28.9. The molecule has 11 heteroatoms. The van der Waals surface area contributed by atoms with Crippen molar-refractivity contribution < 1.29 is 52.5 Å². The number of ether oxygens (including phenoxy) is 9. The maximum absolute atomic E-state index is 11.3. The highest BCUT2D eigenvalue weighted by molar-refractivity contribution is 5.82. The molecule has 0 rings (SSSR count). The summed E-state index contributed by atoms with van der Waals surface area (Å²) in [5.74, 6) is -0.352. The number of esters is 1. The smallest absolute Gasteiger partial charge is 0.330 e. The third-order valence-electron chi connectivity index (χ3n) is 3.72. The SMILES string of the molecule is CC(C)=CC(=O)OCCOCCOCCOCCOCCOCCOCCOCCOCCO. The van der Waals surface area contributed by atoms with Gasteiger partial charge in [0.25, 0.3) is 0 Å². The predicted molar refractivity (Wildman–Crippen MR) is 124 cm³/mol. The molecule has 0 aromatic heterocycles. The van der Waals surface area contributed by atoms with E-state index in [1.165, 1.54) is 6.08 Å². The minimum atomic E-state index is -0.352. The van der Waals surface area contributed by atoms with Gasteiger partial charge in [0.1, 0.15) is 6.61 Å². The van der Waals surface area contributed by atoms with Gasteiger partial charge in [-0.3, -0.25) is 0 Å². The van der Waals surface area contributed by atoms with Gasteiger partial charge in [-0.25, -0.2) is 4.79 Å². The highest BCUT2D eigenvalue weighted by Gasteiger charge is 1.98. The van der Waals surface area contributed by atoms with Crippen LogP contribution in [-0.4, -0.2) is 130 Å². The van der Waals surface area contributed by atoms with Crippen LogP contribution in [0.25, 0.3) is 0 Å². The second kappa shape index (κ2) is 28.1. The Bertz CT molecular complexity index is 456. The Labute approximate surface area is 203 Å². The fourth-order valence-electron chi connectivity index (χ4n) is 2.18. The molecule has 202 valence electrons. The maximum atomic E-state index is 11.3. The monoisotopic (exact) mass is 496 g/mol. The lowest BCUT2D eigenvalue weighted by Gasteiger charge is -2.08.